The predicted octanol–water partition coefficient (Wildman–Crippen LogP) is 3.26. The van der Waals surface area contributed by atoms with Gasteiger partial charge in [-0.15, -0.1) is 8.78 Å². The minimum atomic E-state index is -3.54. The second-order valence-corrected chi connectivity index (χ2v) is 5.69. The van der Waals surface area contributed by atoms with Crippen molar-refractivity contribution in [3.63, 3.8) is 0 Å². The summed E-state index contributed by atoms with van der Waals surface area (Å²) in [6.07, 6.45) is 2.04. The molecule has 3 nitrogen and oxygen atoms in total. The molecule has 0 N–H and O–H groups in total. The maximum atomic E-state index is 13.0. The topological polar surface area (TPSA) is 21.7 Å². The Labute approximate surface area is 115 Å². The normalized spacial score (nSPS) is 30.4. The third-order valence-electron chi connectivity index (χ3n) is 4.52. The van der Waals surface area contributed by atoms with E-state index in [0.717, 1.165) is 12.0 Å². The molecule has 1 saturated heterocycles. The lowest BCUT2D eigenvalue weighted by Gasteiger charge is -2.30. The van der Waals surface area contributed by atoms with Gasteiger partial charge < -0.3 is 9.47 Å². The van der Waals surface area contributed by atoms with Crippen LogP contribution >= 0.6 is 0 Å². The molecule has 0 spiro atoms. The summed E-state index contributed by atoms with van der Waals surface area (Å²) in [5, 5.41) is 0. The van der Waals surface area contributed by atoms with Crippen molar-refractivity contribution in [2.45, 2.75) is 37.6 Å². The number of halogens is 2. The standard InChI is InChI=1S/C15H15F2NO2/c1-18-11-3-4-12(18)7-10(6-11)9-2-5-13-14(8-9)20-15(16,17)19-13/h2,5-6,8,11-12H,3-4,7H2,1H3. The molecular formula is C15H15F2NO2. The van der Waals surface area contributed by atoms with Gasteiger partial charge in [0.25, 0.3) is 0 Å². The van der Waals surface area contributed by atoms with E-state index in [9.17, 15) is 8.78 Å². The fraction of sp³-hybridized carbons (Fsp3) is 0.467. The summed E-state index contributed by atoms with van der Waals surface area (Å²) >= 11 is 0. The SMILES string of the molecule is CN1C2C=C(c3ccc4c(c3)OC(F)(F)O4)CC1CC2. The molecule has 0 aromatic heterocycles. The molecule has 0 radical (unpaired) electrons. The molecule has 0 amide bonds. The molecule has 1 aromatic carbocycles. The maximum Gasteiger partial charge on any atom is 0.586 e. The summed E-state index contributed by atoms with van der Waals surface area (Å²) in [5.74, 6) is 0.231. The van der Waals surface area contributed by atoms with Crippen LogP contribution in [-0.2, 0) is 0 Å². The zero-order valence-electron chi connectivity index (χ0n) is 11.1. The Morgan fingerprint density at radius 1 is 1.20 bits per heavy atom. The smallest absolute Gasteiger partial charge is 0.395 e. The number of ether oxygens (including phenoxy) is 2. The van der Waals surface area contributed by atoms with Crippen molar-refractivity contribution in [2.24, 2.45) is 0 Å². The quantitative estimate of drug-likeness (QED) is 0.787. The van der Waals surface area contributed by atoms with Crippen molar-refractivity contribution >= 4 is 5.57 Å². The van der Waals surface area contributed by atoms with E-state index in [1.165, 1.54) is 18.4 Å². The Kier molecular flexibility index (Phi) is 2.40. The second-order valence-electron chi connectivity index (χ2n) is 5.69. The molecule has 1 aromatic rings. The third-order valence-corrected chi connectivity index (χ3v) is 4.52. The highest BCUT2D eigenvalue weighted by molar-refractivity contribution is 5.70. The second kappa shape index (κ2) is 3.95. The monoisotopic (exact) mass is 279 g/mol. The lowest BCUT2D eigenvalue weighted by molar-refractivity contribution is -0.286. The van der Waals surface area contributed by atoms with Crippen molar-refractivity contribution in [2.75, 3.05) is 7.05 Å². The highest BCUT2D eigenvalue weighted by Gasteiger charge is 2.43. The Hall–Kier alpha value is -1.62. The van der Waals surface area contributed by atoms with Gasteiger partial charge in [0.2, 0.25) is 0 Å². The Bertz CT molecular complexity index is 600. The summed E-state index contributed by atoms with van der Waals surface area (Å²) in [7, 11) is 2.15. The number of nitrogens with zero attached hydrogens (tertiary/aromatic N) is 1. The van der Waals surface area contributed by atoms with E-state index >= 15 is 0 Å². The van der Waals surface area contributed by atoms with Crippen molar-refractivity contribution in [3.8, 4) is 11.5 Å². The van der Waals surface area contributed by atoms with Crippen LogP contribution in [0.5, 0.6) is 11.5 Å². The Morgan fingerprint density at radius 3 is 2.80 bits per heavy atom. The van der Waals surface area contributed by atoms with Crippen molar-refractivity contribution in [1.29, 1.82) is 0 Å². The van der Waals surface area contributed by atoms with Gasteiger partial charge in [-0.1, -0.05) is 12.1 Å². The maximum absolute atomic E-state index is 13.0. The van der Waals surface area contributed by atoms with Crippen molar-refractivity contribution < 1.29 is 18.3 Å². The summed E-state index contributed by atoms with van der Waals surface area (Å²) in [5.41, 5.74) is 2.17. The van der Waals surface area contributed by atoms with E-state index in [-0.39, 0.29) is 11.5 Å². The molecule has 5 heteroatoms. The molecule has 2 unspecified atom stereocenters. The minimum absolute atomic E-state index is 0.107. The van der Waals surface area contributed by atoms with Crippen molar-refractivity contribution in [1.82, 2.24) is 4.90 Å². The number of likely N-dealkylation sites (N-methyl/N-ethyl adjacent to an activating group) is 1. The lowest BCUT2D eigenvalue weighted by atomic mass is 9.95. The average Bonchev–Trinajstić information content (AvgIpc) is 2.79. The first-order valence-corrected chi connectivity index (χ1v) is 6.85. The van der Waals surface area contributed by atoms with E-state index in [1.807, 2.05) is 6.07 Å². The number of benzene rings is 1. The first-order valence-electron chi connectivity index (χ1n) is 6.85. The molecule has 1 fully saturated rings. The summed E-state index contributed by atoms with van der Waals surface area (Å²) in [6, 6.07) is 6.09. The van der Waals surface area contributed by atoms with Gasteiger partial charge in [0.15, 0.2) is 11.5 Å². The molecule has 0 saturated carbocycles. The molecule has 106 valence electrons. The van der Waals surface area contributed by atoms with Crippen LogP contribution in [-0.4, -0.2) is 30.3 Å². The highest BCUT2D eigenvalue weighted by Crippen LogP contribution is 2.44. The number of alkyl halides is 2. The van der Waals surface area contributed by atoms with Gasteiger partial charge in [0.05, 0.1) is 0 Å². The van der Waals surface area contributed by atoms with Gasteiger partial charge >= 0.3 is 6.29 Å². The highest BCUT2D eigenvalue weighted by atomic mass is 19.3. The van der Waals surface area contributed by atoms with Crippen LogP contribution in [0, 0.1) is 0 Å². The first kappa shape index (κ1) is 12.1. The zero-order valence-corrected chi connectivity index (χ0v) is 11.1. The van der Waals surface area contributed by atoms with Crippen LogP contribution in [0.3, 0.4) is 0 Å². The van der Waals surface area contributed by atoms with E-state index in [1.54, 1.807) is 12.1 Å². The fourth-order valence-electron chi connectivity index (χ4n) is 3.41. The van der Waals surface area contributed by atoms with Crippen molar-refractivity contribution in [3.05, 3.63) is 29.8 Å². The molecule has 20 heavy (non-hydrogen) atoms. The largest absolute Gasteiger partial charge is 0.586 e. The molecule has 3 aliphatic heterocycles. The van der Waals surface area contributed by atoms with Crippen LogP contribution in [0.15, 0.2) is 24.3 Å². The molecule has 2 bridgehead atoms. The van der Waals surface area contributed by atoms with E-state index in [4.69, 9.17) is 0 Å². The Balaban J connectivity index is 1.67. The number of hydrogen-bond acceptors (Lipinski definition) is 3. The first-order chi connectivity index (χ1) is 9.52. The van der Waals surface area contributed by atoms with Crippen LogP contribution in [0.2, 0.25) is 0 Å². The van der Waals surface area contributed by atoms with E-state index < -0.39 is 6.29 Å². The predicted molar refractivity (Wildman–Crippen MR) is 69.8 cm³/mol. The van der Waals surface area contributed by atoms with Crippen LogP contribution in [0.25, 0.3) is 5.57 Å². The van der Waals surface area contributed by atoms with Gasteiger partial charge in [0.1, 0.15) is 0 Å². The number of hydrogen-bond donors (Lipinski definition) is 0. The molecule has 4 rings (SSSR count). The van der Waals surface area contributed by atoms with E-state index in [0.29, 0.717) is 12.1 Å². The zero-order chi connectivity index (χ0) is 13.9. The van der Waals surface area contributed by atoms with Gasteiger partial charge in [-0.05, 0) is 49.6 Å². The van der Waals surface area contributed by atoms with Crippen LogP contribution in [0.4, 0.5) is 8.78 Å². The number of rotatable bonds is 1. The summed E-state index contributed by atoms with van der Waals surface area (Å²) < 4.78 is 35.0. The number of fused-ring (bicyclic) bond motifs is 3. The molecular weight excluding hydrogens is 264 g/mol. The molecule has 2 atom stereocenters. The van der Waals surface area contributed by atoms with Crippen LogP contribution in [0.1, 0.15) is 24.8 Å². The minimum Gasteiger partial charge on any atom is -0.395 e. The summed E-state index contributed by atoms with van der Waals surface area (Å²) in [4.78, 5) is 2.39. The molecule has 3 heterocycles. The van der Waals surface area contributed by atoms with Gasteiger partial charge in [-0.25, -0.2) is 0 Å². The molecule has 0 aliphatic carbocycles. The summed E-state index contributed by atoms with van der Waals surface area (Å²) in [6.45, 7) is 0. The average molecular weight is 279 g/mol. The van der Waals surface area contributed by atoms with Gasteiger partial charge in [0, 0.05) is 12.1 Å². The molecule has 3 aliphatic rings. The van der Waals surface area contributed by atoms with Gasteiger partial charge in [-0.3, -0.25) is 4.90 Å². The van der Waals surface area contributed by atoms with Gasteiger partial charge in [-0.2, -0.15) is 0 Å². The fourth-order valence-corrected chi connectivity index (χ4v) is 3.41. The van der Waals surface area contributed by atoms with E-state index in [2.05, 4.69) is 27.5 Å². The Morgan fingerprint density at radius 2 is 2.00 bits per heavy atom. The lowest BCUT2D eigenvalue weighted by Crippen LogP contribution is -2.34. The third kappa shape index (κ3) is 1.80. The van der Waals surface area contributed by atoms with Crippen LogP contribution < -0.4 is 9.47 Å².